The van der Waals surface area contributed by atoms with Gasteiger partial charge in [-0.2, -0.15) is 0 Å². The molecule has 1 heterocycles. The second-order valence-electron chi connectivity index (χ2n) is 6.36. The van der Waals surface area contributed by atoms with Gasteiger partial charge in [-0.05, 0) is 56.0 Å². The molecule has 4 rings (SSSR count). The van der Waals surface area contributed by atoms with E-state index in [1.165, 1.54) is 11.1 Å². The molecule has 0 bridgehead atoms. The molecule has 0 unspecified atom stereocenters. The van der Waals surface area contributed by atoms with Gasteiger partial charge in [-0.25, -0.2) is 9.97 Å². The lowest BCUT2D eigenvalue weighted by Crippen LogP contribution is -2.27. The fourth-order valence-corrected chi connectivity index (χ4v) is 3.32. The van der Waals surface area contributed by atoms with E-state index in [0.717, 1.165) is 35.3 Å². The van der Waals surface area contributed by atoms with E-state index >= 15 is 0 Å². The number of aromatic nitrogens is 2. The molecule has 0 spiro atoms. The molecule has 2 aromatic carbocycles. The van der Waals surface area contributed by atoms with Gasteiger partial charge in [0, 0.05) is 5.56 Å². The van der Waals surface area contributed by atoms with E-state index in [2.05, 4.69) is 33.5 Å². The summed E-state index contributed by atoms with van der Waals surface area (Å²) in [6.45, 7) is 3.88. The van der Waals surface area contributed by atoms with Gasteiger partial charge in [-0.1, -0.05) is 24.3 Å². The molecule has 1 atom stereocenters. The second-order valence-corrected chi connectivity index (χ2v) is 6.36. The summed E-state index contributed by atoms with van der Waals surface area (Å²) >= 11 is 0. The number of fused-ring (bicyclic) bond motifs is 2. The average Bonchev–Trinajstić information content (AvgIpc) is 2.99. The number of carbonyl (C=O) groups is 1. The van der Waals surface area contributed by atoms with Gasteiger partial charge in [0.1, 0.15) is 0 Å². The van der Waals surface area contributed by atoms with Crippen LogP contribution in [0, 0.1) is 13.8 Å². The summed E-state index contributed by atoms with van der Waals surface area (Å²) in [5.74, 6) is -0.0568. The van der Waals surface area contributed by atoms with Gasteiger partial charge in [0.05, 0.1) is 28.5 Å². The van der Waals surface area contributed by atoms with Crippen LogP contribution in [-0.4, -0.2) is 15.9 Å². The number of benzene rings is 2. The highest BCUT2D eigenvalue weighted by Gasteiger charge is 2.23. The smallest absolute Gasteiger partial charge is 0.251 e. The number of hydrogen-bond donors (Lipinski definition) is 1. The zero-order chi connectivity index (χ0) is 16.7. The molecule has 0 aliphatic heterocycles. The van der Waals surface area contributed by atoms with Crippen LogP contribution in [0.25, 0.3) is 11.0 Å². The number of nitrogens with zero attached hydrogens (tertiary/aromatic N) is 2. The topological polar surface area (TPSA) is 54.9 Å². The molecular formula is C20H19N3O. The van der Waals surface area contributed by atoms with Gasteiger partial charge >= 0.3 is 0 Å². The SMILES string of the molecule is Cc1nc2ccc(C(=O)N[C@@H]3CCc4ccccc43)cc2nc1C. The van der Waals surface area contributed by atoms with Gasteiger partial charge in [0.15, 0.2) is 0 Å². The zero-order valence-electron chi connectivity index (χ0n) is 13.8. The Bertz CT molecular complexity index is 949. The molecule has 4 nitrogen and oxygen atoms in total. The quantitative estimate of drug-likeness (QED) is 0.784. The van der Waals surface area contributed by atoms with Crippen molar-refractivity contribution >= 4 is 16.9 Å². The molecule has 0 radical (unpaired) electrons. The highest BCUT2D eigenvalue weighted by molar-refractivity contribution is 5.97. The predicted octanol–water partition coefficient (Wildman–Crippen LogP) is 3.66. The van der Waals surface area contributed by atoms with Crippen LogP contribution < -0.4 is 5.32 Å². The largest absolute Gasteiger partial charge is 0.345 e. The minimum absolute atomic E-state index is 0.0568. The molecule has 1 aliphatic rings. The van der Waals surface area contributed by atoms with Crippen molar-refractivity contribution in [1.82, 2.24) is 15.3 Å². The minimum atomic E-state index is -0.0568. The fourth-order valence-electron chi connectivity index (χ4n) is 3.32. The van der Waals surface area contributed by atoms with Crippen LogP contribution >= 0.6 is 0 Å². The number of hydrogen-bond acceptors (Lipinski definition) is 3. The number of nitrogens with one attached hydrogen (secondary N) is 1. The number of aryl methyl sites for hydroxylation is 3. The first-order valence-electron chi connectivity index (χ1n) is 8.25. The van der Waals surface area contributed by atoms with Crippen LogP contribution in [0.5, 0.6) is 0 Å². The number of amides is 1. The summed E-state index contributed by atoms with van der Waals surface area (Å²) < 4.78 is 0. The third-order valence-electron chi connectivity index (χ3n) is 4.78. The summed E-state index contributed by atoms with van der Waals surface area (Å²) in [6.07, 6.45) is 1.97. The van der Waals surface area contributed by atoms with Gasteiger partial charge in [0.2, 0.25) is 0 Å². The normalized spacial score (nSPS) is 16.2. The maximum atomic E-state index is 12.6. The van der Waals surface area contributed by atoms with Crippen molar-refractivity contribution in [3.05, 3.63) is 70.5 Å². The maximum absolute atomic E-state index is 12.6. The Morgan fingerprint density at radius 2 is 1.79 bits per heavy atom. The third-order valence-corrected chi connectivity index (χ3v) is 4.78. The van der Waals surface area contributed by atoms with Crippen LogP contribution in [0.1, 0.15) is 45.3 Å². The van der Waals surface area contributed by atoms with Crippen molar-refractivity contribution in [2.45, 2.75) is 32.7 Å². The van der Waals surface area contributed by atoms with E-state index in [-0.39, 0.29) is 11.9 Å². The van der Waals surface area contributed by atoms with E-state index in [0.29, 0.717) is 5.56 Å². The van der Waals surface area contributed by atoms with E-state index < -0.39 is 0 Å². The highest BCUT2D eigenvalue weighted by Crippen LogP contribution is 2.31. The Hall–Kier alpha value is -2.75. The monoisotopic (exact) mass is 317 g/mol. The van der Waals surface area contributed by atoms with Crippen LogP contribution in [0.4, 0.5) is 0 Å². The summed E-state index contributed by atoms with van der Waals surface area (Å²) in [5.41, 5.74) is 6.59. The number of rotatable bonds is 2. The Balaban J connectivity index is 1.61. The first kappa shape index (κ1) is 14.8. The van der Waals surface area contributed by atoms with Crippen molar-refractivity contribution in [3.63, 3.8) is 0 Å². The summed E-state index contributed by atoms with van der Waals surface area (Å²) in [7, 11) is 0. The van der Waals surface area contributed by atoms with Gasteiger partial charge in [-0.15, -0.1) is 0 Å². The maximum Gasteiger partial charge on any atom is 0.251 e. The Morgan fingerprint density at radius 1 is 1.04 bits per heavy atom. The fraction of sp³-hybridized carbons (Fsp3) is 0.250. The second kappa shape index (κ2) is 5.71. The van der Waals surface area contributed by atoms with Crippen LogP contribution in [-0.2, 0) is 6.42 Å². The molecule has 120 valence electrons. The molecule has 24 heavy (non-hydrogen) atoms. The Kier molecular flexibility index (Phi) is 3.53. The zero-order valence-corrected chi connectivity index (χ0v) is 13.8. The van der Waals surface area contributed by atoms with Crippen molar-refractivity contribution in [2.24, 2.45) is 0 Å². The molecule has 4 heteroatoms. The molecule has 1 N–H and O–H groups in total. The van der Waals surface area contributed by atoms with Crippen molar-refractivity contribution in [2.75, 3.05) is 0 Å². The first-order valence-corrected chi connectivity index (χ1v) is 8.25. The van der Waals surface area contributed by atoms with Gasteiger partial charge in [0.25, 0.3) is 5.91 Å². The standard InChI is InChI=1S/C20H19N3O/c1-12-13(2)22-19-11-15(8-10-18(19)21-12)20(24)23-17-9-7-14-5-3-4-6-16(14)17/h3-6,8,10-11,17H,7,9H2,1-2H3,(H,23,24)/t17-/m1/s1. The molecule has 0 fully saturated rings. The molecule has 0 saturated carbocycles. The first-order chi connectivity index (χ1) is 11.6. The summed E-state index contributed by atoms with van der Waals surface area (Å²) in [5, 5.41) is 3.15. The van der Waals surface area contributed by atoms with Crippen LogP contribution in [0.3, 0.4) is 0 Å². The van der Waals surface area contributed by atoms with Gasteiger partial charge in [-0.3, -0.25) is 4.79 Å². The molecule has 1 aliphatic carbocycles. The molecule has 1 amide bonds. The predicted molar refractivity (Wildman–Crippen MR) is 94.0 cm³/mol. The van der Waals surface area contributed by atoms with Crippen molar-refractivity contribution in [1.29, 1.82) is 0 Å². The lowest BCUT2D eigenvalue weighted by atomic mass is 10.1. The summed E-state index contributed by atoms with van der Waals surface area (Å²) in [6, 6.07) is 13.9. The molecule has 3 aromatic rings. The molecule has 1 aromatic heterocycles. The Labute approximate surface area is 141 Å². The number of carbonyl (C=O) groups excluding carboxylic acids is 1. The lowest BCUT2D eigenvalue weighted by molar-refractivity contribution is 0.0937. The van der Waals surface area contributed by atoms with E-state index in [1.54, 1.807) is 0 Å². The third kappa shape index (κ3) is 2.54. The van der Waals surface area contributed by atoms with Gasteiger partial charge < -0.3 is 5.32 Å². The average molecular weight is 317 g/mol. The van der Waals surface area contributed by atoms with Crippen molar-refractivity contribution < 1.29 is 4.79 Å². The van der Waals surface area contributed by atoms with E-state index in [9.17, 15) is 4.79 Å². The van der Waals surface area contributed by atoms with Crippen LogP contribution in [0.2, 0.25) is 0 Å². The molecule has 0 saturated heterocycles. The highest BCUT2D eigenvalue weighted by atomic mass is 16.1. The Morgan fingerprint density at radius 3 is 2.62 bits per heavy atom. The molecular weight excluding hydrogens is 298 g/mol. The minimum Gasteiger partial charge on any atom is -0.345 e. The van der Waals surface area contributed by atoms with Crippen molar-refractivity contribution in [3.8, 4) is 0 Å². The van der Waals surface area contributed by atoms with E-state index in [4.69, 9.17) is 0 Å². The van der Waals surface area contributed by atoms with E-state index in [1.807, 2.05) is 38.1 Å². The van der Waals surface area contributed by atoms with Crippen LogP contribution in [0.15, 0.2) is 42.5 Å². The lowest BCUT2D eigenvalue weighted by Gasteiger charge is -2.14. The summed E-state index contributed by atoms with van der Waals surface area (Å²) in [4.78, 5) is 21.7.